The summed E-state index contributed by atoms with van der Waals surface area (Å²) in [5.74, 6) is -1.73. The molecule has 0 saturated heterocycles. The van der Waals surface area contributed by atoms with E-state index < -0.39 is 23.5 Å². The summed E-state index contributed by atoms with van der Waals surface area (Å²) in [6, 6.07) is 8.72. The summed E-state index contributed by atoms with van der Waals surface area (Å²) in [7, 11) is 0. The van der Waals surface area contributed by atoms with Gasteiger partial charge in [0.05, 0.1) is 18.3 Å². The molecular formula is C15H12F3N3. The molecule has 21 heavy (non-hydrogen) atoms. The third-order valence-corrected chi connectivity index (χ3v) is 3.37. The van der Waals surface area contributed by atoms with Gasteiger partial charge in [0.25, 0.3) is 0 Å². The molecule has 0 fully saturated rings. The number of halogens is 3. The molecule has 6 heteroatoms. The Morgan fingerprint density at radius 2 is 1.71 bits per heavy atom. The van der Waals surface area contributed by atoms with Crippen molar-refractivity contribution in [2.45, 2.75) is 6.04 Å². The first kappa shape index (κ1) is 13.5. The molecule has 0 spiro atoms. The van der Waals surface area contributed by atoms with Crippen LogP contribution in [0.1, 0.15) is 11.6 Å². The van der Waals surface area contributed by atoms with Crippen molar-refractivity contribution in [1.82, 2.24) is 0 Å². The van der Waals surface area contributed by atoms with Crippen LogP contribution in [0.5, 0.6) is 0 Å². The molecule has 3 rings (SSSR count). The van der Waals surface area contributed by atoms with E-state index in [1.807, 2.05) is 0 Å². The fourth-order valence-electron chi connectivity index (χ4n) is 2.46. The molecule has 0 aromatic heterocycles. The lowest BCUT2D eigenvalue weighted by Gasteiger charge is -2.27. The molecule has 0 amide bonds. The zero-order valence-corrected chi connectivity index (χ0v) is 10.9. The maximum Gasteiger partial charge on any atom is 0.196 e. The molecule has 2 aromatic carbocycles. The van der Waals surface area contributed by atoms with Gasteiger partial charge in [-0.2, -0.15) is 0 Å². The van der Waals surface area contributed by atoms with E-state index >= 15 is 0 Å². The molecule has 108 valence electrons. The van der Waals surface area contributed by atoms with Crippen LogP contribution in [0.2, 0.25) is 0 Å². The quantitative estimate of drug-likeness (QED) is 0.924. The van der Waals surface area contributed by atoms with Crippen molar-refractivity contribution >= 4 is 11.6 Å². The number of hydrogen-bond donors (Lipinski definition) is 1. The van der Waals surface area contributed by atoms with Gasteiger partial charge in [0, 0.05) is 6.07 Å². The van der Waals surface area contributed by atoms with E-state index in [0.29, 0.717) is 5.56 Å². The number of aliphatic imine (C=N–C) groups is 1. The highest BCUT2D eigenvalue weighted by Gasteiger charge is 2.31. The lowest BCUT2D eigenvalue weighted by molar-refractivity contribution is 0.574. The molecule has 1 unspecified atom stereocenters. The highest BCUT2D eigenvalue weighted by atomic mass is 19.1. The van der Waals surface area contributed by atoms with E-state index in [4.69, 9.17) is 5.73 Å². The molecule has 1 atom stereocenters. The Kier molecular flexibility index (Phi) is 3.29. The Morgan fingerprint density at radius 3 is 2.38 bits per heavy atom. The SMILES string of the molecule is NC1=NCC(c2cc(F)cc(F)c2)N1c1ccccc1F. The van der Waals surface area contributed by atoms with E-state index in [1.165, 1.54) is 23.1 Å². The van der Waals surface area contributed by atoms with E-state index in [0.717, 1.165) is 6.07 Å². The lowest BCUT2D eigenvalue weighted by atomic mass is 10.0. The van der Waals surface area contributed by atoms with Crippen molar-refractivity contribution in [1.29, 1.82) is 0 Å². The second-order valence-electron chi connectivity index (χ2n) is 4.74. The minimum atomic E-state index is -0.691. The third kappa shape index (κ3) is 2.44. The van der Waals surface area contributed by atoms with Crippen LogP contribution in [-0.4, -0.2) is 12.5 Å². The maximum atomic E-state index is 14.0. The molecular weight excluding hydrogens is 279 g/mol. The Bertz CT molecular complexity index is 695. The van der Waals surface area contributed by atoms with Crippen LogP contribution in [0, 0.1) is 17.5 Å². The second kappa shape index (κ2) is 5.12. The highest BCUT2D eigenvalue weighted by molar-refractivity contribution is 5.97. The summed E-state index contributed by atoms with van der Waals surface area (Å²) in [4.78, 5) is 5.51. The number of para-hydroxylation sites is 1. The van der Waals surface area contributed by atoms with E-state index in [-0.39, 0.29) is 18.2 Å². The Hall–Kier alpha value is -2.50. The largest absolute Gasteiger partial charge is 0.369 e. The molecule has 1 heterocycles. The molecule has 1 aliphatic rings. The average Bonchev–Trinajstić information content (AvgIpc) is 2.80. The zero-order valence-electron chi connectivity index (χ0n) is 10.9. The molecule has 0 aliphatic carbocycles. The first-order valence-electron chi connectivity index (χ1n) is 6.36. The van der Waals surface area contributed by atoms with Crippen molar-refractivity contribution in [3.8, 4) is 0 Å². The fraction of sp³-hybridized carbons (Fsp3) is 0.133. The summed E-state index contributed by atoms with van der Waals surface area (Å²) in [6.07, 6.45) is 0. The minimum absolute atomic E-state index is 0.120. The van der Waals surface area contributed by atoms with Gasteiger partial charge in [-0.15, -0.1) is 0 Å². The van der Waals surface area contributed by atoms with Crippen molar-refractivity contribution in [2.75, 3.05) is 11.4 Å². The minimum Gasteiger partial charge on any atom is -0.369 e. The predicted octanol–water partition coefficient (Wildman–Crippen LogP) is 2.98. The summed E-state index contributed by atoms with van der Waals surface area (Å²) < 4.78 is 40.7. The maximum absolute atomic E-state index is 14.0. The standard InChI is InChI=1S/C15H12F3N3/c16-10-5-9(6-11(17)7-10)14-8-20-15(19)21(14)13-4-2-1-3-12(13)18/h1-7,14H,8H2,(H2,19,20). The second-order valence-corrected chi connectivity index (χ2v) is 4.74. The molecule has 0 saturated carbocycles. The lowest BCUT2D eigenvalue weighted by Crippen LogP contribution is -2.36. The van der Waals surface area contributed by atoms with Crippen molar-refractivity contribution in [3.63, 3.8) is 0 Å². The Morgan fingerprint density at radius 1 is 1.05 bits per heavy atom. The molecule has 1 aliphatic heterocycles. The van der Waals surface area contributed by atoms with Crippen molar-refractivity contribution in [3.05, 3.63) is 65.5 Å². The number of hydrogen-bond acceptors (Lipinski definition) is 3. The van der Waals surface area contributed by atoms with Gasteiger partial charge >= 0.3 is 0 Å². The number of rotatable bonds is 2. The molecule has 2 aromatic rings. The highest BCUT2D eigenvalue weighted by Crippen LogP contribution is 2.33. The predicted molar refractivity (Wildman–Crippen MR) is 74.5 cm³/mol. The van der Waals surface area contributed by atoms with Crippen LogP contribution < -0.4 is 10.6 Å². The number of benzene rings is 2. The monoisotopic (exact) mass is 291 g/mol. The number of nitrogens with two attached hydrogens (primary N) is 1. The van der Waals surface area contributed by atoms with Gasteiger partial charge in [-0.3, -0.25) is 4.99 Å². The van der Waals surface area contributed by atoms with Crippen molar-refractivity contribution < 1.29 is 13.2 Å². The van der Waals surface area contributed by atoms with Crippen LogP contribution in [0.4, 0.5) is 18.9 Å². The molecule has 0 radical (unpaired) electrons. The van der Waals surface area contributed by atoms with Gasteiger partial charge in [0.15, 0.2) is 5.96 Å². The summed E-state index contributed by atoms with van der Waals surface area (Å²) in [6.45, 7) is 0.211. The van der Waals surface area contributed by atoms with Crippen molar-refractivity contribution in [2.24, 2.45) is 10.7 Å². The Labute approximate surface area is 119 Å². The van der Waals surface area contributed by atoms with Gasteiger partial charge in [0.1, 0.15) is 17.5 Å². The van der Waals surface area contributed by atoms with Crippen LogP contribution in [-0.2, 0) is 0 Å². The van der Waals surface area contributed by atoms with E-state index in [1.54, 1.807) is 18.2 Å². The van der Waals surface area contributed by atoms with Gasteiger partial charge < -0.3 is 10.6 Å². The number of anilines is 1. The smallest absolute Gasteiger partial charge is 0.196 e. The molecule has 3 nitrogen and oxygen atoms in total. The summed E-state index contributed by atoms with van der Waals surface area (Å²) >= 11 is 0. The molecule has 2 N–H and O–H groups in total. The van der Waals surface area contributed by atoms with Crippen LogP contribution in [0.3, 0.4) is 0 Å². The van der Waals surface area contributed by atoms with Gasteiger partial charge in [-0.1, -0.05) is 12.1 Å². The number of guanidine groups is 1. The zero-order chi connectivity index (χ0) is 15.0. The van der Waals surface area contributed by atoms with Crippen LogP contribution in [0.25, 0.3) is 0 Å². The first-order chi connectivity index (χ1) is 10.1. The van der Waals surface area contributed by atoms with E-state index in [2.05, 4.69) is 4.99 Å². The van der Waals surface area contributed by atoms with Gasteiger partial charge in [0.2, 0.25) is 0 Å². The number of nitrogens with zero attached hydrogens (tertiary/aromatic N) is 2. The third-order valence-electron chi connectivity index (χ3n) is 3.37. The van der Waals surface area contributed by atoms with Gasteiger partial charge in [-0.05, 0) is 29.8 Å². The topological polar surface area (TPSA) is 41.6 Å². The van der Waals surface area contributed by atoms with Crippen LogP contribution in [0.15, 0.2) is 47.5 Å². The van der Waals surface area contributed by atoms with Gasteiger partial charge in [-0.25, -0.2) is 13.2 Å². The first-order valence-corrected chi connectivity index (χ1v) is 6.36. The summed E-state index contributed by atoms with van der Waals surface area (Å²) in [5, 5.41) is 0. The Balaban J connectivity index is 2.05. The van der Waals surface area contributed by atoms with E-state index in [9.17, 15) is 13.2 Å². The normalized spacial score (nSPS) is 18.0. The fourth-order valence-corrected chi connectivity index (χ4v) is 2.46. The summed E-state index contributed by atoms with van der Waals surface area (Å²) in [5.41, 5.74) is 6.39. The van der Waals surface area contributed by atoms with Crippen LogP contribution >= 0.6 is 0 Å². The average molecular weight is 291 g/mol. The molecule has 0 bridgehead atoms.